The van der Waals surface area contributed by atoms with Gasteiger partial charge in [0, 0.05) is 12.3 Å². The molecule has 1 heterocycles. The zero-order valence-electron chi connectivity index (χ0n) is 8.53. The number of rotatable bonds is 2. The SMILES string of the molecule is COc1[nH]c2ccccc2c1OC(C)=O. The molecule has 0 unspecified atom stereocenters. The number of ether oxygens (including phenoxy) is 2. The summed E-state index contributed by atoms with van der Waals surface area (Å²) in [5.41, 5.74) is 0.880. The number of methoxy groups -OCH3 is 1. The number of aromatic nitrogens is 1. The van der Waals surface area contributed by atoms with Crippen LogP contribution >= 0.6 is 0 Å². The second kappa shape index (κ2) is 3.65. The van der Waals surface area contributed by atoms with Crippen LogP contribution in [0.25, 0.3) is 10.9 Å². The lowest BCUT2D eigenvalue weighted by atomic mass is 10.2. The van der Waals surface area contributed by atoms with Gasteiger partial charge in [-0.05, 0) is 12.1 Å². The fourth-order valence-electron chi connectivity index (χ4n) is 1.48. The van der Waals surface area contributed by atoms with Gasteiger partial charge in [-0.3, -0.25) is 4.79 Å². The molecule has 0 fully saturated rings. The minimum atomic E-state index is -0.363. The molecule has 0 amide bonds. The van der Waals surface area contributed by atoms with E-state index in [1.807, 2.05) is 24.3 Å². The van der Waals surface area contributed by atoms with Gasteiger partial charge in [0.15, 0.2) is 5.75 Å². The van der Waals surface area contributed by atoms with Gasteiger partial charge < -0.3 is 14.5 Å². The molecule has 1 N–H and O–H groups in total. The summed E-state index contributed by atoms with van der Waals surface area (Å²) in [6.07, 6.45) is 0. The predicted octanol–water partition coefficient (Wildman–Crippen LogP) is 2.10. The third kappa shape index (κ3) is 1.66. The van der Waals surface area contributed by atoms with E-state index in [1.54, 1.807) is 0 Å². The second-order valence-corrected chi connectivity index (χ2v) is 3.13. The third-order valence-corrected chi connectivity index (χ3v) is 2.08. The summed E-state index contributed by atoms with van der Waals surface area (Å²) < 4.78 is 10.2. The molecular weight excluding hydrogens is 194 g/mol. The second-order valence-electron chi connectivity index (χ2n) is 3.13. The van der Waals surface area contributed by atoms with E-state index in [1.165, 1.54) is 14.0 Å². The van der Waals surface area contributed by atoms with Crippen LogP contribution in [0.5, 0.6) is 11.6 Å². The summed E-state index contributed by atoms with van der Waals surface area (Å²) >= 11 is 0. The molecule has 0 saturated carbocycles. The zero-order chi connectivity index (χ0) is 10.8. The minimum absolute atomic E-state index is 0.363. The number of carbonyl (C=O) groups is 1. The normalized spacial score (nSPS) is 10.3. The Labute approximate surface area is 86.8 Å². The van der Waals surface area contributed by atoms with E-state index in [9.17, 15) is 4.79 Å². The Bertz CT molecular complexity index is 502. The molecular formula is C11H11NO3. The molecule has 0 atom stereocenters. The molecule has 2 rings (SSSR count). The Balaban J connectivity index is 2.61. The van der Waals surface area contributed by atoms with Crippen molar-refractivity contribution in [3.8, 4) is 11.6 Å². The Morgan fingerprint density at radius 2 is 2.07 bits per heavy atom. The van der Waals surface area contributed by atoms with Crippen LogP contribution in [0.3, 0.4) is 0 Å². The summed E-state index contributed by atoms with van der Waals surface area (Å²) in [6, 6.07) is 7.54. The van der Waals surface area contributed by atoms with Crippen molar-refractivity contribution in [2.24, 2.45) is 0 Å². The van der Waals surface area contributed by atoms with Crippen LogP contribution in [-0.2, 0) is 4.79 Å². The average molecular weight is 205 g/mol. The topological polar surface area (TPSA) is 51.3 Å². The lowest BCUT2D eigenvalue weighted by Crippen LogP contribution is -2.02. The molecule has 0 bridgehead atoms. The van der Waals surface area contributed by atoms with E-state index in [4.69, 9.17) is 9.47 Å². The number of benzene rings is 1. The van der Waals surface area contributed by atoms with Crippen LogP contribution in [0, 0.1) is 0 Å². The smallest absolute Gasteiger partial charge is 0.308 e. The highest BCUT2D eigenvalue weighted by Crippen LogP contribution is 2.35. The van der Waals surface area contributed by atoms with Gasteiger partial charge in [0.25, 0.3) is 0 Å². The maximum Gasteiger partial charge on any atom is 0.308 e. The van der Waals surface area contributed by atoms with Crippen LogP contribution in [-0.4, -0.2) is 18.1 Å². The summed E-state index contributed by atoms with van der Waals surface area (Å²) in [6.45, 7) is 1.36. The van der Waals surface area contributed by atoms with Crippen molar-refractivity contribution in [2.75, 3.05) is 7.11 Å². The van der Waals surface area contributed by atoms with Crippen LogP contribution in [0.1, 0.15) is 6.92 Å². The number of hydrogen-bond donors (Lipinski definition) is 1. The number of H-pyrrole nitrogens is 1. The van der Waals surface area contributed by atoms with E-state index in [-0.39, 0.29) is 5.97 Å². The maximum atomic E-state index is 10.9. The minimum Gasteiger partial charge on any atom is -0.480 e. The summed E-state index contributed by atoms with van der Waals surface area (Å²) in [5, 5.41) is 0.838. The Morgan fingerprint density at radius 1 is 1.33 bits per heavy atom. The molecule has 2 aromatic rings. The first-order chi connectivity index (χ1) is 7.22. The highest BCUT2D eigenvalue weighted by atomic mass is 16.6. The summed E-state index contributed by atoms with van der Waals surface area (Å²) in [5.74, 6) is 0.546. The lowest BCUT2D eigenvalue weighted by molar-refractivity contribution is -0.131. The van der Waals surface area contributed by atoms with Crippen LogP contribution < -0.4 is 9.47 Å². The molecule has 0 saturated heterocycles. The van der Waals surface area contributed by atoms with Gasteiger partial charge >= 0.3 is 5.97 Å². The summed E-state index contributed by atoms with van der Waals surface area (Å²) in [7, 11) is 1.53. The van der Waals surface area contributed by atoms with E-state index in [0.29, 0.717) is 11.6 Å². The van der Waals surface area contributed by atoms with Crippen molar-refractivity contribution in [1.29, 1.82) is 0 Å². The van der Waals surface area contributed by atoms with Crippen molar-refractivity contribution in [1.82, 2.24) is 4.98 Å². The molecule has 0 aliphatic rings. The lowest BCUT2D eigenvalue weighted by Gasteiger charge is -2.01. The van der Waals surface area contributed by atoms with Gasteiger partial charge in [0.1, 0.15) is 0 Å². The van der Waals surface area contributed by atoms with Gasteiger partial charge in [-0.2, -0.15) is 0 Å². The fourth-order valence-corrected chi connectivity index (χ4v) is 1.48. The van der Waals surface area contributed by atoms with Crippen LogP contribution in [0.15, 0.2) is 24.3 Å². The number of nitrogens with one attached hydrogen (secondary N) is 1. The first-order valence-electron chi connectivity index (χ1n) is 4.55. The largest absolute Gasteiger partial charge is 0.480 e. The van der Waals surface area contributed by atoms with E-state index >= 15 is 0 Å². The van der Waals surface area contributed by atoms with Crippen molar-refractivity contribution in [3.05, 3.63) is 24.3 Å². The fraction of sp³-hybridized carbons (Fsp3) is 0.182. The van der Waals surface area contributed by atoms with Gasteiger partial charge in [0.05, 0.1) is 12.6 Å². The van der Waals surface area contributed by atoms with E-state index in [2.05, 4.69) is 4.98 Å². The molecule has 4 heteroatoms. The Morgan fingerprint density at radius 3 is 2.73 bits per heavy atom. The number of hydrogen-bond acceptors (Lipinski definition) is 3. The molecule has 4 nitrogen and oxygen atoms in total. The van der Waals surface area contributed by atoms with Crippen LogP contribution in [0.4, 0.5) is 0 Å². The van der Waals surface area contributed by atoms with Gasteiger partial charge in [-0.15, -0.1) is 0 Å². The van der Waals surface area contributed by atoms with Crippen molar-refractivity contribution in [2.45, 2.75) is 6.92 Å². The predicted molar refractivity (Wildman–Crippen MR) is 56.2 cm³/mol. The zero-order valence-corrected chi connectivity index (χ0v) is 8.53. The molecule has 1 aromatic carbocycles. The van der Waals surface area contributed by atoms with Crippen molar-refractivity contribution in [3.63, 3.8) is 0 Å². The van der Waals surface area contributed by atoms with E-state index in [0.717, 1.165) is 10.9 Å². The number of carbonyl (C=O) groups excluding carboxylic acids is 1. The third-order valence-electron chi connectivity index (χ3n) is 2.08. The van der Waals surface area contributed by atoms with Gasteiger partial charge in [-0.25, -0.2) is 0 Å². The molecule has 0 aliphatic carbocycles. The first kappa shape index (κ1) is 9.58. The standard InChI is InChI=1S/C11H11NO3/c1-7(13)15-10-8-5-3-4-6-9(8)12-11(10)14-2/h3-6,12H,1-2H3. The maximum absolute atomic E-state index is 10.9. The molecule has 15 heavy (non-hydrogen) atoms. The summed E-state index contributed by atoms with van der Waals surface area (Å²) in [4.78, 5) is 14.0. The quantitative estimate of drug-likeness (QED) is 0.764. The highest BCUT2D eigenvalue weighted by molar-refractivity contribution is 5.91. The molecule has 0 radical (unpaired) electrons. The van der Waals surface area contributed by atoms with E-state index < -0.39 is 0 Å². The van der Waals surface area contributed by atoms with Crippen LogP contribution in [0.2, 0.25) is 0 Å². The number of para-hydroxylation sites is 1. The average Bonchev–Trinajstić information content (AvgIpc) is 2.56. The molecule has 0 aliphatic heterocycles. The molecule has 0 spiro atoms. The van der Waals surface area contributed by atoms with Gasteiger partial charge in [-0.1, -0.05) is 12.1 Å². The monoisotopic (exact) mass is 205 g/mol. The number of fused-ring (bicyclic) bond motifs is 1. The Kier molecular flexibility index (Phi) is 2.33. The number of aromatic amines is 1. The van der Waals surface area contributed by atoms with Gasteiger partial charge in [0.2, 0.25) is 5.88 Å². The Hall–Kier alpha value is -1.97. The molecule has 78 valence electrons. The highest BCUT2D eigenvalue weighted by Gasteiger charge is 2.14. The molecule has 1 aromatic heterocycles. The number of esters is 1. The van der Waals surface area contributed by atoms with Crippen molar-refractivity contribution >= 4 is 16.9 Å². The first-order valence-corrected chi connectivity index (χ1v) is 4.55. The van der Waals surface area contributed by atoms with Crippen molar-refractivity contribution < 1.29 is 14.3 Å².